The van der Waals surface area contributed by atoms with Crippen LogP contribution in [0, 0.1) is 5.92 Å². The molecule has 5 nitrogen and oxygen atoms in total. The molecule has 2 heterocycles. The van der Waals surface area contributed by atoms with Gasteiger partial charge in [0.2, 0.25) is 5.91 Å². The molecule has 3 rings (SSSR count). The molecule has 1 amide bonds. The van der Waals surface area contributed by atoms with Crippen LogP contribution >= 0.6 is 0 Å². The lowest BCUT2D eigenvalue weighted by Gasteiger charge is -2.28. The number of nitrogens with one attached hydrogen (secondary N) is 1. The molecule has 2 unspecified atom stereocenters. The van der Waals surface area contributed by atoms with Crippen molar-refractivity contribution in [3.63, 3.8) is 0 Å². The summed E-state index contributed by atoms with van der Waals surface area (Å²) in [4.78, 5) is 11.3. The highest BCUT2D eigenvalue weighted by molar-refractivity contribution is 5.79. The highest BCUT2D eigenvalue weighted by Crippen LogP contribution is 2.28. The second kappa shape index (κ2) is 6.60. The normalized spacial score (nSPS) is 27.6. The summed E-state index contributed by atoms with van der Waals surface area (Å²) in [6.07, 6.45) is 11.6. The second-order valence-corrected chi connectivity index (χ2v) is 6.58. The monoisotopic (exact) mass is 290 g/mol. The van der Waals surface area contributed by atoms with Crippen molar-refractivity contribution >= 4 is 5.91 Å². The number of hydrogen-bond donors (Lipinski definition) is 2. The lowest BCUT2D eigenvalue weighted by atomic mass is 9.88. The van der Waals surface area contributed by atoms with Gasteiger partial charge in [-0.15, -0.1) is 0 Å². The number of carbonyl (C=O) groups excluding carboxylic acids is 1. The molecule has 3 N–H and O–H groups in total. The van der Waals surface area contributed by atoms with E-state index >= 15 is 0 Å². The quantitative estimate of drug-likeness (QED) is 0.888. The van der Waals surface area contributed by atoms with E-state index < -0.39 is 0 Å². The van der Waals surface area contributed by atoms with Gasteiger partial charge in [0.15, 0.2) is 0 Å². The Balaban J connectivity index is 1.57. The Labute approximate surface area is 126 Å². The summed E-state index contributed by atoms with van der Waals surface area (Å²) >= 11 is 0. The SMILES string of the molecule is NC(=O)C1CC(Cc2ccn(C3CCCCC3)n2)CCN1. The third kappa shape index (κ3) is 3.64. The molecule has 1 saturated carbocycles. The second-order valence-electron chi connectivity index (χ2n) is 6.58. The summed E-state index contributed by atoms with van der Waals surface area (Å²) in [6.45, 7) is 0.877. The van der Waals surface area contributed by atoms with Crippen LogP contribution in [0.3, 0.4) is 0 Å². The fourth-order valence-corrected chi connectivity index (χ4v) is 3.73. The van der Waals surface area contributed by atoms with E-state index in [0.717, 1.165) is 31.5 Å². The largest absolute Gasteiger partial charge is 0.368 e. The van der Waals surface area contributed by atoms with E-state index in [4.69, 9.17) is 10.8 Å². The van der Waals surface area contributed by atoms with Gasteiger partial charge in [0.05, 0.1) is 17.8 Å². The number of rotatable bonds is 4. The maximum absolute atomic E-state index is 11.3. The molecule has 5 heteroatoms. The Bertz CT molecular complexity index is 478. The van der Waals surface area contributed by atoms with Crippen LogP contribution in [0.2, 0.25) is 0 Å². The van der Waals surface area contributed by atoms with Crippen LogP contribution in [0.4, 0.5) is 0 Å². The minimum absolute atomic E-state index is 0.163. The van der Waals surface area contributed by atoms with Crippen LogP contribution in [-0.4, -0.2) is 28.3 Å². The van der Waals surface area contributed by atoms with Gasteiger partial charge in [0.1, 0.15) is 0 Å². The van der Waals surface area contributed by atoms with Gasteiger partial charge in [-0.05, 0) is 50.6 Å². The maximum atomic E-state index is 11.3. The fourth-order valence-electron chi connectivity index (χ4n) is 3.73. The van der Waals surface area contributed by atoms with Gasteiger partial charge in [-0.1, -0.05) is 19.3 Å². The molecule has 1 aromatic heterocycles. The van der Waals surface area contributed by atoms with Crippen molar-refractivity contribution in [1.82, 2.24) is 15.1 Å². The molecule has 2 fully saturated rings. The summed E-state index contributed by atoms with van der Waals surface area (Å²) in [5, 5.41) is 7.97. The van der Waals surface area contributed by atoms with Crippen molar-refractivity contribution in [3.05, 3.63) is 18.0 Å². The fraction of sp³-hybridized carbons (Fsp3) is 0.750. The molecule has 1 saturated heterocycles. The molecule has 21 heavy (non-hydrogen) atoms. The number of hydrogen-bond acceptors (Lipinski definition) is 3. The van der Waals surface area contributed by atoms with Crippen molar-refractivity contribution < 1.29 is 4.79 Å². The molecule has 2 aliphatic rings. The van der Waals surface area contributed by atoms with E-state index in [0.29, 0.717) is 12.0 Å². The van der Waals surface area contributed by atoms with Crippen molar-refractivity contribution in [3.8, 4) is 0 Å². The minimum Gasteiger partial charge on any atom is -0.368 e. The Kier molecular flexibility index (Phi) is 4.58. The van der Waals surface area contributed by atoms with Gasteiger partial charge < -0.3 is 11.1 Å². The van der Waals surface area contributed by atoms with Crippen LogP contribution in [0.15, 0.2) is 12.3 Å². The van der Waals surface area contributed by atoms with Crippen LogP contribution in [-0.2, 0) is 11.2 Å². The van der Waals surface area contributed by atoms with Crippen molar-refractivity contribution in [2.75, 3.05) is 6.54 Å². The number of amides is 1. The predicted molar refractivity (Wildman–Crippen MR) is 81.8 cm³/mol. The van der Waals surface area contributed by atoms with E-state index in [1.54, 1.807) is 0 Å². The highest BCUT2D eigenvalue weighted by Gasteiger charge is 2.26. The molecule has 0 aromatic carbocycles. The Hall–Kier alpha value is -1.36. The van der Waals surface area contributed by atoms with E-state index in [9.17, 15) is 4.79 Å². The summed E-state index contributed by atoms with van der Waals surface area (Å²) in [7, 11) is 0. The van der Waals surface area contributed by atoms with E-state index in [1.165, 1.54) is 32.1 Å². The predicted octanol–water partition coefficient (Wildman–Crippen LogP) is 1.78. The topological polar surface area (TPSA) is 72.9 Å². The average molecular weight is 290 g/mol. The van der Waals surface area contributed by atoms with Crippen molar-refractivity contribution in [2.24, 2.45) is 11.7 Å². The first-order valence-corrected chi connectivity index (χ1v) is 8.29. The third-order valence-electron chi connectivity index (χ3n) is 4.97. The van der Waals surface area contributed by atoms with Crippen LogP contribution in [0.5, 0.6) is 0 Å². The minimum atomic E-state index is -0.229. The lowest BCUT2D eigenvalue weighted by molar-refractivity contribution is -0.120. The lowest BCUT2D eigenvalue weighted by Crippen LogP contribution is -2.47. The van der Waals surface area contributed by atoms with Gasteiger partial charge in [-0.25, -0.2) is 0 Å². The Morgan fingerprint density at radius 3 is 2.90 bits per heavy atom. The molecule has 1 aliphatic carbocycles. The van der Waals surface area contributed by atoms with Crippen LogP contribution in [0.25, 0.3) is 0 Å². The third-order valence-corrected chi connectivity index (χ3v) is 4.97. The standard InChI is InChI=1S/C16H26N4O/c17-16(21)15-11-12(6-8-18-15)10-13-7-9-20(19-13)14-4-2-1-3-5-14/h7,9,12,14-15,18H,1-6,8,10-11H2,(H2,17,21). The van der Waals surface area contributed by atoms with Crippen molar-refractivity contribution in [2.45, 2.75) is 63.5 Å². The molecular weight excluding hydrogens is 264 g/mol. The average Bonchev–Trinajstić information content (AvgIpc) is 2.97. The smallest absolute Gasteiger partial charge is 0.234 e. The number of primary amides is 1. The van der Waals surface area contributed by atoms with E-state index in [2.05, 4.69) is 22.3 Å². The zero-order chi connectivity index (χ0) is 14.7. The molecule has 0 bridgehead atoms. The number of carbonyl (C=O) groups is 1. The number of aromatic nitrogens is 2. The number of nitrogens with two attached hydrogens (primary N) is 1. The van der Waals surface area contributed by atoms with Gasteiger partial charge in [0, 0.05) is 6.20 Å². The van der Waals surface area contributed by atoms with Crippen LogP contribution < -0.4 is 11.1 Å². The van der Waals surface area contributed by atoms with Gasteiger partial charge in [0.25, 0.3) is 0 Å². The van der Waals surface area contributed by atoms with Gasteiger partial charge in [-0.3, -0.25) is 9.48 Å². The first-order valence-electron chi connectivity index (χ1n) is 8.29. The van der Waals surface area contributed by atoms with Gasteiger partial charge >= 0.3 is 0 Å². The summed E-state index contributed by atoms with van der Waals surface area (Å²) < 4.78 is 2.17. The zero-order valence-corrected chi connectivity index (χ0v) is 12.6. The first-order chi connectivity index (χ1) is 10.2. The molecule has 116 valence electrons. The highest BCUT2D eigenvalue weighted by atomic mass is 16.1. The summed E-state index contributed by atoms with van der Waals surface area (Å²) in [5.41, 5.74) is 6.57. The van der Waals surface area contributed by atoms with Crippen LogP contribution in [0.1, 0.15) is 56.7 Å². The molecular formula is C16H26N4O. The zero-order valence-electron chi connectivity index (χ0n) is 12.6. The molecule has 0 spiro atoms. The van der Waals surface area contributed by atoms with Gasteiger partial charge in [-0.2, -0.15) is 5.10 Å². The number of nitrogens with zero attached hydrogens (tertiary/aromatic N) is 2. The molecule has 1 aromatic rings. The number of piperidine rings is 1. The van der Waals surface area contributed by atoms with E-state index in [-0.39, 0.29) is 11.9 Å². The molecule has 1 aliphatic heterocycles. The Morgan fingerprint density at radius 2 is 2.14 bits per heavy atom. The van der Waals surface area contributed by atoms with Crippen molar-refractivity contribution in [1.29, 1.82) is 0 Å². The summed E-state index contributed by atoms with van der Waals surface area (Å²) in [6, 6.07) is 2.58. The molecule has 0 radical (unpaired) electrons. The molecule has 2 atom stereocenters. The first kappa shape index (κ1) is 14.6. The maximum Gasteiger partial charge on any atom is 0.234 e. The van der Waals surface area contributed by atoms with E-state index in [1.807, 2.05) is 0 Å². The summed E-state index contributed by atoms with van der Waals surface area (Å²) in [5.74, 6) is 0.283. The Morgan fingerprint density at radius 1 is 1.33 bits per heavy atom.